The van der Waals surface area contributed by atoms with Gasteiger partial charge >= 0.3 is 0 Å². The summed E-state index contributed by atoms with van der Waals surface area (Å²) in [6.07, 6.45) is 4.13. The van der Waals surface area contributed by atoms with Gasteiger partial charge in [0.05, 0.1) is 0 Å². The van der Waals surface area contributed by atoms with Crippen molar-refractivity contribution in [3.63, 3.8) is 0 Å². The fourth-order valence-electron chi connectivity index (χ4n) is 2.46. The zero-order valence-electron chi connectivity index (χ0n) is 14.9. The summed E-state index contributed by atoms with van der Waals surface area (Å²) in [5.74, 6) is 0.725. The van der Waals surface area contributed by atoms with E-state index in [-0.39, 0.29) is 11.7 Å². The van der Waals surface area contributed by atoms with E-state index in [1.807, 2.05) is 36.4 Å². The first-order valence-electron chi connectivity index (χ1n) is 8.34. The van der Waals surface area contributed by atoms with Crippen LogP contribution in [-0.2, 0) is 22.6 Å². The van der Waals surface area contributed by atoms with E-state index in [1.165, 1.54) is 0 Å². The molecule has 132 valence electrons. The number of hydrogen-bond donors (Lipinski definition) is 0. The van der Waals surface area contributed by atoms with Crippen molar-refractivity contribution in [3.05, 3.63) is 59.9 Å². The fraction of sp³-hybridized carbons (Fsp3) is 0.350. The zero-order chi connectivity index (χ0) is 18.2. The number of carbonyl (C=O) groups excluding carboxylic acids is 2. The van der Waals surface area contributed by atoms with Gasteiger partial charge < -0.3 is 14.4 Å². The number of benzene rings is 1. The Balaban J connectivity index is 1.88. The van der Waals surface area contributed by atoms with Gasteiger partial charge in [0, 0.05) is 32.4 Å². The lowest BCUT2D eigenvalue weighted by atomic mass is 10.1. The number of Topliss-reactive ketones (excluding diaryl/α,β-unsaturated/α-hetero) is 1. The number of ketones is 1. The van der Waals surface area contributed by atoms with E-state index in [1.54, 1.807) is 38.2 Å². The van der Waals surface area contributed by atoms with E-state index >= 15 is 0 Å². The number of aryl methyl sites for hydroxylation is 1. The molecule has 0 aliphatic carbocycles. The van der Waals surface area contributed by atoms with E-state index in [0.717, 1.165) is 17.5 Å². The summed E-state index contributed by atoms with van der Waals surface area (Å²) in [4.78, 5) is 29.1. The number of carbonyl (C=O) groups is 2. The van der Waals surface area contributed by atoms with Crippen LogP contribution in [0, 0.1) is 0 Å². The summed E-state index contributed by atoms with van der Waals surface area (Å²) in [5, 5.41) is 0. The molecular formula is C20H24N2O3. The lowest BCUT2D eigenvalue weighted by molar-refractivity contribution is -0.137. The van der Waals surface area contributed by atoms with Crippen LogP contribution < -0.4 is 4.74 Å². The highest BCUT2D eigenvalue weighted by molar-refractivity contribution is 5.80. The molecule has 0 N–H and O–H groups in total. The molecule has 1 unspecified atom stereocenters. The third-order valence-electron chi connectivity index (χ3n) is 3.87. The van der Waals surface area contributed by atoms with Crippen LogP contribution in [0.25, 0.3) is 0 Å². The SMILES string of the molecule is CC(=O)CCc1ccc(OC(C)C(=O)N(C)Cc2cccnc2)cc1. The van der Waals surface area contributed by atoms with Crippen molar-refractivity contribution in [1.29, 1.82) is 0 Å². The predicted octanol–water partition coefficient (Wildman–Crippen LogP) is 3.03. The molecule has 0 aliphatic heterocycles. The Hall–Kier alpha value is -2.69. The van der Waals surface area contributed by atoms with Crippen LogP contribution in [0.4, 0.5) is 0 Å². The van der Waals surface area contributed by atoms with Gasteiger partial charge in [-0.1, -0.05) is 18.2 Å². The topological polar surface area (TPSA) is 59.5 Å². The number of hydrogen-bond acceptors (Lipinski definition) is 4. The minimum absolute atomic E-state index is 0.0930. The van der Waals surface area contributed by atoms with E-state index in [9.17, 15) is 9.59 Å². The van der Waals surface area contributed by atoms with Gasteiger partial charge in [-0.2, -0.15) is 0 Å². The number of rotatable bonds is 8. The molecule has 2 aromatic rings. The first-order valence-corrected chi connectivity index (χ1v) is 8.34. The molecule has 1 aromatic carbocycles. The molecule has 0 spiro atoms. The highest BCUT2D eigenvalue weighted by Crippen LogP contribution is 2.16. The molecule has 0 radical (unpaired) electrons. The molecule has 1 heterocycles. The van der Waals surface area contributed by atoms with Gasteiger partial charge in [0.25, 0.3) is 5.91 Å². The highest BCUT2D eigenvalue weighted by atomic mass is 16.5. The van der Waals surface area contributed by atoms with Gasteiger partial charge in [-0.15, -0.1) is 0 Å². The quantitative estimate of drug-likeness (QED) is 0.741. The second-order valence-corrected chi connectivity index (χ2v) is 6.16. The smallest absolute Gasteiger partial charge is 0.263 e. The summed E-state index contributed by atoms with van der Waals surface area (Å²) in [7, 11) is 1.75. The van der Waals surface area contributed by atoms with Crippen molar-refractivity contribution in [2.75, 3.05) is 7.05 Å². The van der Waals surface area contributed by atoms with Crippen molar-refractivity contribution in [2.24, 2.45) is 0 Å². The molecule has 5 nitrogen and oxygen atoms in total. The molecule has 1 atom stereocenters. The summed E-state index contributed by atoms with van der Waals surface area (Å²) in [6.45, 7) is 3.82. The van der Waals surface area contributed by atoms with Crippen LogP contribution in [0.2, 0.25) is 0 Å². The van der Waals surface area contributed by atoms with Crippen molar-refractivity contribution < 1.29 is 14.3 Å². The average molecular weight is 340 g/mol. The van der Waals surface area contributed by atoms with Gasteiger partial charge in [-0.05, 0) is 49.6 Å². The average Bonchev–Trinajstić information content (AvgIpc) is 2.61. The molecule has 1 aromatic heterocycles. The number of amides is 1. The number of aromatic nitrogens is 1. The van der Waals surface area contributed by atoms with Crippen LogP contribution in [-0.4, -0.2) is 34.7 Å². The molecule has 0 aliphatic rings. The molecule has 0 fully saturated rings. The number of pyridine rings is 1. The first-order chi connectivity index (χ1) is 12.0. The first kappa shape index (κ1) is 18.6. The number of likely N-dealkylation sites (N-methyl/N-ethyl adjacent to an activating group) is 1. The van der Waals surface area contributed by atoms with Gasteiger partial charge in [-0.25, -0.2) is 0 Å². The normalized spacial score (nSPS) is 11.6. The van der Waals surface area contributed by atoms with Crippen LogP contribution in [0.15, 0.2) is 48.8 Å². The van der Waals surface area contributed by atoms with Crippen LogP contribution >= 0.6 is 0 Å². The van der Waals surface area contributed by atoms with Gasteiger partial charge in [0.15, 0.2) is 6.10 Å². The van der Waals surface area contributed by atoms with Crippen molar-refractivity contribution in [2.45, 2.75) is 39.3 Å². The molecule has 1 amide bonds. The molecule has 0 saturated carbocycles. The van der Waals surface area contributed by atoms with E-state index in [4.69, 9.17) is 4.74 Å². The second-order valence-electron chi connectivity index (χ2n) is 6.16. The minimum Gasteiger partial charge on any atom is -0.481 e. The Morgan fingerprint density at radius 3 is 2.48 bits per heavy atom. The maximum absolute atomic E-state index is 12.4. The van der Waals surface area contributed by atoms with E-state index in [0.29, 0.717) is 18.7 Å². The third-order valence-corrected chi connectivity index (χ3v) is 3.87. The number of ether oxygens (including phenoxy) is 1. The van der Waals surface area contributed by atoms with Crippen molar-refractivity contribution in [3.8, 4) is 5.75 Å². The molecule has 5 heteroatoms. The monoisotopic (exact) mass is 340 g/mol. The molecule has 25 heavy (non-hydrogen) atoms. The van der Waals surface area contributed by atoms with Crippen LogP contribution in [0.3, 0.4) is 0 Å². The van der Waals surface area contributed by atoms with Crippen molar-refractivity contribution in [1.82, 2.24) is 9.88 Å². The van der Waals surface area contributed by atoms with Gasteiger partial charge in [0.1, 0.15) is 11.5 Å². The molecule has 0 saturated heterocycles. The van der Waals surface area contributed by atoms with E-state index in [2.05, 4.69) is 4.98 Å². The fourth-order valence-corrected chi connectivity index (χ4v) is 2.46. The zero-order valence-corrected chi connectivity index (χ0v) is 14.9. The Morgan fingerprint density at radius 1 is 1.16 bits per heavy atom. The maximum Gasteiger partial charge on any atom is 0.263 e. The Labute approximate surface area is 148 Å². The lowest BCUT2D eigenvalue weighted by Gasteiger charge is -2.22. The summed E-state index contributed by atoms with van der Waals surface area (Å²) < 4.78 is 5.74. The van der Waals surface area contributed by atoms with Gasteiger partial charge in [-0.3, -0.25) is 9.78 Å². The second kappa shape index (κ2) is 8.97. The minimum atomic E-state index is -0.579. The number of nitrogens with zero attached hydrogens (tertiary/aromatic N) is 2. The summed E-state index contributed by atoms with van der Waals surface area (Å²) in [5.41, 5.74) is 2.05. The summed E-state index contributed by atoms with van der Waals surface area (Å²) >= 11 is 0. The molecular weight excluding hydrogens is 316 g/mol. The van der Waals surface area contributed by atoms with Crippen LogP contribution in [0.5, 0.6) is 5.75 Å². The predicted molar refractivity (Wildman–Crippen MR) is 96.2 cm³/mol. The standard InChI is InChI=1S/C20H24N2O3/c1-15(23)6-7-17-8-10-19(11-9-17)25-16(2)20(24)22(3)14-18-5-4-12-21-13-18/h4-5,8-13,16H,6-7,14H2,1-3H3. The Bertz CT molecular complexity index is 699. The largest absolute Gasteiger partial charge is 0.481 e. The Kier molecular flexibility index (Phi) is 6.69. The maximum atomic E-state index is 12.4. The lowest BCUT2D eigenvalue weighted by Crippen LogP contribution is -2.37. The third kappa shape index (κ3) is 6.03. The van der Waals surface area contributed by atoms with Crippen LogP contribution in [0.1, 0.15) is 31.4 Å². The van der Waals surface area contributed by atoms with Gasteiger partial charge in [0.2, 0.25) is 0 Å². The van der Waals surface area contributed by atoms with E-state index < -0.39 is 6.10 Å². The Morgan fingerprint density at radius 2 is 1.88 bits per heavy atom. The summed E-state index contributed by atoms with van der Waals surface area (Å²) in [6, 6.07) is 11.3. The highest BCUT2D eigenvalue weighted by Gasteiger charge is 2.19. The van der Waals surface area contributed by atoms with Crippen molar-refractivity contribution >= 4 is 11.7 Å². The molecule has 2 rings (SSSR count). The molecule has 0 bridgehead atoms.